The highest BCUT2D eigenvalue weighted by atomic mass is 16.5. The molecule has 0 unspecified atom stereocenters. The fourth-order valence-electron chi connectivity index (χ4n) is 7.56. The Hall–Kier alpha value is -0.790. The molecular formula is C22H34O2. The predicted molar refractivity (Wildman–Crippen MR) is 96.4 cm³/mol. The van der Waals surface area contributed by atoms with Crippen molar-refractivity contribution >= 4 is 5.97 Å². The summed E-state index contributed by atoms with van der Waals surface area (Å²) < 4.78 is 5.76. The Labute approximate surface area is 147 Å². The van der Waals surface area contributed by atoms with E-state index in [0.717, 1.165) is 30.1 Å². The molecule has 0 heterocycles. The number of carbonyl (C=O) groups excluding carboxylic acids is 1. The highest BCUT2D eigenvalue weighted by Crippen LogP contribution is 2.66. The SMILES string of the molecule is CC(=O)O[C@H]1CC[C@H]2[C@H]3CC[C@H]4CC=C(C)C[C@]4(C)[C@H]3CC[C@]12C. The second-order valence-electron chi connectivity index (χ2n) is 9.84. The van der Waals surface area contributed by atoms with Gasteiger partial charge in [0.1, 0.15) is 6.10 Å². The molecule has 0 bridgehead atoms. The number of allylic oxidation sites excluding steroid dienone is 2. The van der Waals surface area contributed by atoms with Gasteiger partial charge in [-0.15, -0.1) is 0 Å². The zero-order chi connectivity index (χ0) is 17.1. The summed E-state index contributed by atoms with van der Waals surface area (Å²) in [5.41, 5.74) is 2.37. The normalized spacial score (nSPS) is 50.3. The molecule has 0 amide bonds. The number of carbonyl (C=O) groups is 1. The Morgan fingerprint density at radius 1 is 1.08 bits per heavy atom. The lowest BCUT2D eigenvalue weighted by atomic mass is 9.45. The third-order valence-electron chi connectivity index (χ3n) is 8.70. The molecule has 0 aromatic heterocycles. The van der Waals surface area contributed by atoms with Gasteiger partial charge in [0.15, 0.2) is 0 Å². The van der Waals surface area contributed by atoms with Crippen LogP contribution in [0.5, 0.6) is 0 Å². The van der Waals surface area contributed by atoms with Gasteiger partial charge in [0.05, 0.1) is 0 Å². The summed E-state index contributed by atoms with van der Waals surface area (Å²) >= 11 is 0. The Morgan fingerprint density at radius 2 is 1.83 bits per heavy atom. The van der Waals surface area contributed by atoms with Gasteiger partial charge in [-0.2, -0.15) is 0 Å². The van der Waals surface area contributed by atoms with Crippen LogP contribution in [0.2, 0.25) is 0 Å². The van der Waals surface area contributed by atoms with Crippen LogP contribution in [0.4, 0.5) is 0 Å². The summed E-state index contributed by atoms with van der Waals surface area (Å²) in [7, 11) is 0. The molecule has 0 saturated heterocycles. The molecule has 24 heavy (non-hydrogen) atoms. The minimum absolute atomic E-state index is 0.0901. The van der Waals surface area contributed by atoms with Gasteiger partial charge in [-0.25, -0.2) is 0 Å². The maximum Gasteiger partial charge on any atom is 0.302 e. The van der Waals surface area contributed by atoms with E-state index >= 15 is 0 Å². The number of esters is 1. The molecule has 134 valence electrons. The van der Waals surface area contributed by atoms with Crippen molar-refractivity contribution < 1.29 is 9.53 Å². The molecule has 7 atom stereocenters. The molecule has 2 nitrogen and oxygen atoms in total. The minimum atomic E-state index is -0.0901. The van der Waals surface area contributed by atoms with E-state index in [1.807, 2.05) is 0 Å². The van der Waals surface area contributed by atoms with E-state index < -0.39 is 0 Å². The van der Waals surface area contributed by atoms with Crippen LogP contribution in [-0.4, -0.2) is 12.1 Å². The molecule has 4 aliphatic rings. The molecule has 0 aliphatic heterocycles. The zero-order valence-electron chi connectivity index (χ0n) is 15.9. The predicted octanol–water partition coefficient (Wildman–Crippen LogP) is 5.52. The fraction of sp³-hybridized carbons (Fsp3) is 0.864. The van der Waals surface area contributed by atoms with Crippen molar-refractivity contribution in [2.45, 2.75) is 85.2 Å². The van der Waals surface area contributed by atoms with Crippen molar-refractivity contribution in [3.05, 3.63) is 11.6 Å². The number of ether oxygens (including phenoxy) is 1. The molecule has 0 spiro atoms. The second kappa shape index (κ2) is 5.61. The molecule has 0 aromatic rings. The van der Waals surface area contributed by atoms with E-state index in [4.69, 9.17) is 4.74 Å². The van der Waals surface area contributed by atoms with Gasteiger partial charge < -0.3 is 4.74 Å². The minimum Gasteiger partial charge on any atom is -0.462 e. The highest BCUT2D eigenvalue weighted by molar-refractivity contribution is 5.66. The molecule has 0 aromatic carbocycles. The highest BCUT2D eigenvalue weighted by Gasteiger charge is 2.60. The van der Waals surface area contributed by atoms with Crippen LogP contribution >= 0.6 is 0 Å². The van der Waals surface area contributed by atoms with Crippen LogP contribution in [0.1, 0.15) is 79.1 Å². The molecule has 4 aliphatic carbocycles. The Bertz CT molecular complexity index is 564. The molecule has 2 heteroatoms. The number of fused-ring (bicyclic) bond motifs is 5. The van der Waals surface area contributed by atoms with Gasteiger partial charge >= 0.3 is 5.97 Å². The van der Waals surface area contributed by atoms with Crippen LogP contribution in [0.25, 0.3) is 0 Å². The third kappa shape index (κ3) is 2.31. The third-order valence-corrected chi connectivity index (χ3v) is 8.70. The van der Waals surface area contributed by atoms with Crippen molar-refractivity contribution in [3.8, 4) is 0 Å². The average Bonchev–Trinajstić information content (AvgIpc) is 2.82. The number of rotatable bonds is 1. The van der Waals surface area contributed by atoms with Crippen molar-refractivity contribution in [1.82, 2.24) is 0 Å². The first kappa shape index (κ1) is 16.7. The van der Waals surface area contributed by atoms with E-state index in [-0.39, 0.29) is 17.5 Å². The van der Waals surface area contributed by atoms with Gasteiger partial charge in [-0.1, -0.05) is 25.5 Å². The van der Waals surface area contributed by atoms with Gasteiger partial charge in [-0.05, 0) is 87.4 Å². The fourth-order valence-corrected chi connectivity index (χ4v) is 7.56. The molecule has 0 N–H and O–H groups in total. The summed E-state index contributed by atoms with van der Waals surface area (Å²) in [6.45, 7) is 8.94. The van der Waals surface area contributed by atoms with Crippen LogP contribution in [0, 0.1) is 34.5 Å². The Kier molecular flexibility index (Phi) is 3.89. The molecule has 4 rings (SSSR count). The maximum atomic E-state index is 11.5. The van der Waals surface area contributed by atoms with Gasteiger partial charge in [-0.3, -0.25) is 4.79 Å². The lowest BCUT2D eigenvalue weighted by Gasteiger charge is -2.60. The summed E-state index contributed by atoms with van der Waals surface area (Å²) in [4.78, 5) is 11.5. The maximum absolute atomic E-state index is 11.5. The quantitative estimate of drug-likeness (QED) is 0.467. The smallest absolute Gasteiger partial charge is 0.302 e. The standard InChI is InChI=1S/C22H34O2/c1-14-5-6-16-7-8-17-18-9-10-20(24-15(2)23)21(18,3)12-11-19(17)22(16,4)13-14/h5,16-20H,6-13H2,1-4H3/t16-,17-,18+,19+,20+,21+,22+/m1/s1. The summed E-state index contributed by atoms with van der Waals surface area (Å²) in [6, 6.07) is 0. The first-order valence-electron chi connectivity index (χ1n) is 10.2. The van der Waals surface area contributed by atoms with E-state index in [0.29, 0.717) is 5.41 Å². The lowest BCUT2D eigenvalue weighted by Crippen LogP contribution is -2.53. The average molecular weight is 331 g/mol. The lowest BCUT2D eigenvalue weighted by molar-refractivity contribution is -0.160. The molecule has 0 radical (unpaired) electrons. The van der Waals surface area contributed by atoms with Gasteiger partial charge in [0, 0.05) is 12.3 Å². The van der Waals surface area contributed by atoms with Crippen molar-refractivity contribution in [1.29, 1.82) is 0 Å². The number of hydrogen-bond donors (Lipinski definition) is 0. The van der Waals surface area contributed by atoms with Gasteiger partial charge in [0.2, 0.25) is 0 Å². The topological polar surface area (TPSA) is 26.3 Å². The van der Waals surface area contributed by atoms with Crippen LogP contribution in [0.3, 0.4) is 0 Å². The largest absolute Gasteiger partial charge is 0.462 e. The summed E-state index contributed by atoms with van der Waals surface area (Å²) in [5.74, 6) is 3.32. The van der Waals surface area contributed by atoms with E-state index in [9.17, 15) is 4.79 Å². The van der Waals surface area contributed by atoms with Crippen molar-refractivity contribution in [2.75, 3.05) is 0 Å². The summed E-state index contributed by atoms with van der Waals surface area (Å²) in [5, 5.41) is 0. The number of hydrogen-bond acceptors (Lipinski definition) is 2. The molecular weight excluding hydrogens is 296 g/mol. The van der Waals surface area contributed by atoms with E-state index in [1.165, 1.54) is 44.9 Å². The van der Waals surface area contributed by atoms with Crippen LogP contribution in [0.15, 0.2) is 11.6 Å². The first-order chi connectivity index (χ1) is 11.3. The Morgan fingerprint density at radius 3 is 2.58 bits per heavy atom. The summed E-state index contributed by atoms with van der Waals surface area (Å²) in [6.07, 6.45) is 13.1. The molecule has 3 fully saturated rings. The second-order valence-corrected chi connectivity index (χ2v) is 9.84. The first-order valence-corrected chi connectivity index (χ1v) is 10.2. The van der Waals surface area contributed by atoms with E-state index in [1.54, 1.807) is 12.5 Å². The van der Waals surface area contributed by atoms with Crippen LogP contribution in [-0.2, 0) is 9.53 Å². The molecule has 3 saturated carbocycles. The van der Waals surface area contributed by atoms with E-state index in [2.05, 4.69) is 26.8 Å². The Balaban J connectivity index is 1.60. The van der Waals surface area contributed by atoms with Crippen LogP contribution < -0.4 is 0 Å². The van der Waals surface area contributed by atoms with Gasteiger partial charge in [0.25, 0.3) is 0 Å². The van der Waals surface area contributed by atoms with Crippen molar-refractivity contribution in [3.63, 3.8) is 0 Å². The van der Waals surface area contributed by atoms with Crippen molar-refractivity contribution in [2.24, 2.45) is 34.5 Å². The zero-order valence-corrected chi connectivity index (χ0v) is 15.9. The monoisotopic (exact) mass is 330 g/mol.